The SMILES string of the molecule is NCC1(CC(=O)NCC2CC=CCC2)CCCCC1. The van der Waals surface area contributed by atoms with Gasteiger partial charge in [0.15, 0.2) is 0 Å². The first kappa shape index (κ1) is 14.6. The quantitative estimate of drug-likeness (QED) is 0.750. The van der Waals surface area contributed by atoms with Crippen LogP contribution in [-0.4, -0.2) is 19.0 Å². The third-order valence-electron chi connectivity index (χ3n) is 4.85. The number of hydrogen-bond donors (Lipinski definition) is 2. The van der Waals surface area contributed by atoms with Crippen molar-refractivity contribution in [1.29, 1.82) is 0 Å². The minimum absolute atomic E-state index is 0.0921. The topological polar surface area (TPSA) is 55.1 Å². The molecule has 3 heteroatoms. The first-order valence-electron chi connectivity index (χ1n) is 7.86. The van der Waals surface area contributed by atoms with Gasteiger partial charge in [0, 0.05) is 13.0 Å². The zero-order valence-electron chi connectivity index (χ0n) is 12.0. The van der Waals surface area contributed by atoms with Gasteiger partial charge in [-0.05, 0) is 50.0 Å². The molecule has 1 amide bonds. The molecule has 3 nitrogen and oxygen atoms in total. The summed E-state index contributed by atoms with van der Waals surface area (Å²) in [6.45, 7) is 1.50. The minimum Gasteiger partial charge on any atom is -0.356 e. The molecule has 0 bridgehead atoms. The van der Waals surface area contributed by atoms with Gasteiger partial charge in [-0.2, -0.15) is 0 Å². The van der Waals surface area contributed by atoms with E-state index in [4.69, 9.17) is 5.73 Å². The largest absolute Gasteiger partial charge is 0.356 e. The number of allylic oxidation sites excluding steroid dienone is 2. The molecule has 2 aliphatic rings. The Labute approximate surface area is 117 Å². The van der Waals surface area contributed by atoms with E-state index in [1.54, 1.807) is 0 Å². The number of amides is 1. The second kappa shape index (κ2) is 7.09. The van der Waals surface area contributed by atoms with Crippen molar-refractivity contribution in [3.63, 3.8) is 0 Å². The highest BCUT2D eigenvalue weighted by molar-refractivity contribution is 5.76. The molecule has 0 radical (unpaired) electrons. The Morgan fingerprint density at radius 1 is 1.26 bits per heavy atom. The zero-order chi connectivity index (χ0) is 13.6. The van der Waals surface area contributed by atoms with Gasteiger partial charge >= 0.3 is 0 Å². The fourth-order valence-corrected chi connectivity index (χ4v) is 3.46. The smallest absolute Gasteiger partial charge is 0.220 e. The molecule has 1 atom stereocenters. The van der Waals surface area contributed by atoms with Crippen molar-refractivity contribution in [3.8, 4) is 0 Å². The van der Waals surface area contributed by atoms with Crippen molar-refractivity contribution in [1.82, 2.24) is 5.32 Å². The maximum atomic E-state index is 12.1. The van der Waals surface area contributed by atoms with Crippen LogP contribution in [0.3, 0.4) is 0 Å². The Hall–Kier alpha value is -0.830. The van der Waals surface area contributed by atoms with Crippen LogP contribution in [0.15, 0.2) is 12.2 Å². The van der Waals surface area contributed by atoms with Crippen LogP contribution < -0.4 is 11.1 Å². The summed E-state index contributed by atoms with van der Waals surface area (Å²) in [6, 6.07) is 0. The van der Waals surface area contributed by atoms with Crippen LogP contribution in [0.4, 0.5) is 0 Å². The lowest BCUT2D eigenvalue weighted by Crippen LogP contribution is -2.39. The molecule has 1 saturated carbocycles. The van der Waals surface area contributed by atoms with Crippen molar-refractivity contribution in [2.75, 3.05) is 13.1 Å². The predicted octanol–water partition coefficient (Wildman–Crippen LogP) is 2.76. The van der Waals surface area contributed by atoms with E-state index in [1.165, 1.54) is 25.7 Å². The maximum Gasteiger partial charge on any atom is 0.220 e. The predicted molar refractivity (Wildman–Crippen MR) is 78.7 cm³/mol. The molecule has 3 N–H and O–H groups in total. The molecule has 0 heterocycles. The molecule has 0 aromatic heterocycles. The summed E-state index contributed by atoms with van der Waals surface area (Å²) in [6.07, 6.45) is 14.6. The fourth-order valence-electron chi connectivity index (χ4n) is 3.46. The van der Waals surface area contributed by atoms with Gasteiger partial charge in [-0.15, -0.1) is 0 Å². The van der Waals surface area contributed by atoms with Crippen molar-refractivity contribution in [2.45, 2.75) is 57.8 Å². The third-order valence-corrected chi connectivity index (χ3v) is 4.85. The Morgan fingerprint density at radius 2 is 2.05 bits per heavy atom. The Morgan fingerprint density at radius 3 is 2.68 bits per heavy atom. The monoisotopic (exact) mass is 264 g/mol. The van der Waals surface area contributed by atoms with E-state index < -0.39 is 0 Å². The summed E-state index contributed by atoms with van der Waals surface area (Å²) < 4.78 is 0. The molecule has 1 unspecified atom stereocenters. The van der Waals surface area contributed by atoms with Gasteiger partial charge in [-0.1, -0.05) is 31.4 Å². The Kier molecular flexibility index (Phi) is 5.44. The fraction of sp³-hybridized carbons (Fsp3) is 0.812. The van der Waals surface area contributed by atoms with E-state index in [-0.39, 0.29) is 11.3 Å². The summed E-state index contributed by atoms with van der Waals surface area (Å²) in [5.74, 6) is 0.844. The molecular weight excluding hydrogens is 236 g/mol. The van der Waals surface area contributed by atoms with E-state index >= 15 is 0 Å². The molecular formula is C16H28N2O. The molecule has 0 aromatic carbocycles. The van der Waals surface area contributed by atoms with Gasteiger partial charge in [0.25, 0.3) is 0 Å². The van der Waals surface area contributed by atoms with Crippen molar-refractivity contribution < 1.29 is 4.79 Å². The highest BCUT2D eigenvalue weighted by atomic mass is 16.1. The van der Waals surface area contributed by atoms with E-state index in [0.717, 1.165) is 32.2 Å². The van der Waals surface area contributed by atoms with Crippen molar-refractivity contribution in [3.05, 3.63) is 12.2 Å². The van der Waals surface area contributed by atoms with Gasteiger partial charge in [-0.25, -0.2) is 0 Å². The van der Waals surface area contributed by atoms with E-state index in [0.29, 0.717) is 18.9 Å². The second-order valence-corrected chi connectivity index (χ2v) is 6.40. The minimum atomic E-state index is 0.0921. The highest BCUT2D eigenvalue weighted by Gasteiger charge is 2.32. The first-order chi connectivity index (χ1) is 9.24. The van der Waals surface area contributed by atoms with Crippen LogP contribution in [0.25, 0.3) is 0 Å². The van der Waals surface area contributed by atoms with Crippen LogP contribution in [0, 0.1) is 11.3 Å². The van der Waals surface area contributed by atoms with Crippen LogP contribution in [0.5, 0.6) is 0 Å². The van der Waals surface area contributed by atoms with Crippen molar-refractivity contribution >= 4 is 5.91 Å². The molecule has 1 fully saturated rings. The molecule has 0 aliphatic heterocycles. The molecule has 0 saturated heterocycles. The summed E-state index contributed by atoms with van der Waals surface area (Å²) in [7, 11) is 0. The lowest BCUT2D eigenvalue weighted by atomic mass is 9.71. The molecule has 19 heavy (non-hydrogen) atoms. The first-order valence-corrected chi connectivity index (χ1v) is 7.86. The number of carbonyl (C=O) groups excluding carboxylic acids is 1. The van der Waals surface area contributed by atoms with E-state index in [9.17, 15) is 4.79 Å². The van der Waals surface area contributed by atoms with Crippen molar-refractivity contribution in [2.24, 2.45) is 17.1 Å². The lowest BCUT2D eigenvalue weighted by molar-refractivity contribution is -0.124. The number of nitrogens with one attached hydrogen (secondary N) is 1. The van der Waals surface area contributed by atoms with Gasteiger partial charge in [-0.3, -0.25) is 4.79 Å². The zero-order valence-corrected chi connectivity index (χ0v) is 12.0. The van der Waals surface area contributed by atoms with Gasteiger partial charge in [0.1, 0.15) is 0 Å². The van der Waals surface area contributed by atoms with Crippen LogP contribution in [0.1, 0.15) is 57.8 Å². The van der Waals surface area contributed by atoms with Gasteiger partial charge < -0.3 is 11.1 Å². The second-order valence-electron chi connectivity index (χ2n) is 6.40. The lowest BCUT2D eigenvalue weighted by Gasteiger charge is -2.35. The number of carbonyl (C=O) groups is 1. The molecule has 108 valence electrons. The summed E-state index contributed by atoms with van der Waals surface area (Å²) in [4.78, 5) is 12.1. The average Bonchev–Trinajstić information content (AvgIpc) is 2.47. The number of nitrogens with two attached hydrogens (primary N) is 1. The number of rotatable bonds is 5. The molecule has 0 spiro atoms. The third kappa shape index (κ3) is 4.34. The molecule has 2 aliphatic carbocycles. The summed E-state index contributed by atoms with van der Waals surface area (Å²) in [5, 5.41) is 3.13. The summed E-state index contributed by atoms with van der Waals surface area (Å²) in [5.41, 5.74) is 6.03. The molecule has 2 rings (SSSR count). The van der Waals surface area contributed by atoms with Crippen LogP contribution in [0.2, 0.25) is 0 Å². The Balaban J connectivity index is 1.74. The molecule has 0 aromatic rings. The summed E-state index contributed by atoms with van der Waals surface area (Å²) >= 11 is 0. The van der Waals surface area contributed by atoms with Gasteiger partial charge in [0.2, 0.25) is 5.91 Å². The Bertz CT molecular complexity index is 319. The van der Waals surface area contributed by atoms with Gasteiger partial charge in [0.05, 0.1) is 0 Å². The highest BCUT2D eigenvalue weighted by Crippen LogP contribution is 2.38. The van der Waals surface area contributed by atoms with E-state index in [2.05, 4.69) is 17.5 Å². The number of hydrogen-bond acceptors (Lipinski definition) is 2. The van der Waals surface area contributed by atoms with Crippen LogP contribution >= 0.6 is 0 Å². The van der Waals surface area contributed by atoms with E-state index in [1.807, 2.05) is 0 Å². The average molecular weight is 264 g/mol. The normalized spacial score (nSPS) is 26.1. The standard InChI is InChI=1S/C16H28N2O/c17-13-16(9-5-2-6-10-16)11-15(19)18-12-14-7-3-1-4-8-14/h1,3,14H,2,4-13,17H2,(H,18,19). The van der Waals surface area contributed by atoms with Crippen LogP contribution in [-0.2, 0) is 4.79 Å². The maximum absolute atomic E-state index is 12.1.